The van der Waals surface area contributed by atoms with Crippen molar-refractivity contribution in [1.29, 1.82) is 0 Å². The fourth-order valence-corrected chi connectivity index (χ4v) is 6.21. The standard InChI is InChI=1S/C12H16INO5S/c13-2-1-3-14-20(17,18)8-5-6-4-7(8)10-9(6)11(15)19-12(10)16/h6-10,14H,1-5H2. The molecular formula is C12H16INO5S. The molecule has 6 nitrogen and oxygen atoms in total. The average Bonchev–Trinajstić information content (AvgIpc) is 3.02. The molecule has 3 rings (SSSR count). The normalized spacial score (nSPS) is 39.1. The molecule has 1 saturated heterocycles. The molecule has 112 valence electrons. The summed E-state index contributed by atoms with van der Waals surface area (Å²) < 4.78 is 32.8. The molecule has 2 saturated carbocycles. The maximum atomic E-state index is 12.3. The largest absolute Gasteiger partial charge is 0.393 e. The van der Waals surface area contributed by atoms with Crippen LogP contribution in [0.5, 0.6) is 0 Å². The summed E-state index contributed by atoms with van der Waals surface area (Å²) >= 11 is 2.20. The van der Waals surface area contributed by atoms with E-state index in [1.165, 1.54) is 0 Å². The predicted octanol–water partition coefficient (Wildman–Crippen LogP) is 0.455. The third-order valence-electron chi connectivity index (χ3n) is 4.70. The summed E-state index contributed by atoms with van der Waals surface area (Å²) in [4.78, 5) is 23.3. The van der Waals surface area contributed by atoms with Crippen molar-refractivity contribution in [2.24, 2.45) is 23.7 Å². The van der Waals surface area contributed by atoms with Crippen LogP contribution < -0.4 is 4.72 Å². The fraction of sp³-hybridized carbons (Fsp3) is 0.833. The molecule has 0 spiro atoms. The van der Waals surface area contributed by atoms with E-state index in [1.54, 1.807) is 0 Å². The number of nitrogens with one attached hydrogen (secondary N) is 1. The van der Waals surface area contributed by atoms with E-state index in [9.17, 15) is 18.0 Å². The number of fused-ring (bicyclic) bond motifs is 5. The van der Waals surface area contributed by atoms with Crippen molar-refractivity contribution >= 4 is 44.6 Å². The van der Waals surface area contributed by atoms with Crippen molar-refractivity contribution in [1.82, 2.24) is 4.72 Å². The van der Waals surface area contributed by atoms with Gasteiger partial charge in [0.05, 0.1) is 17.1 Å². The minimum absolute atomic E-state index is 0.0184. The number of halogens is 1. The number of rotatable bonds is 5. The first-order valence-electron chi connectivity index (χ1n) is 6.75. The Balaban J connectivity index is 1.76. The highest BCUT2D eigenvalue weighted by Gasteiger charge is 2.65. The number of hydrogen-bond acceptors (Lipinski definition) is 5. The van der Waals surface area contributed by atoms with E-state index < -0.39 is 39.0 Å². The Morgan fingerprint density at radius 1 is 1.20 bits per heavy atom. The van der Waals surface area contributed by atoms with Gasteiger partial charge >= 0.3 is 11.9 Å². The van der Waals surface area contributed by atoms with Crippen LogP contribution in [0.1, 0.15) is 19.3 Å². The number of cyclic esters (lactones) is 2. The summed E-state index contributed by atoms with van der Waals surface area (Å²) in [6, 6.07) is 0. The smallest absolute Gasteiger partial charge is 0.317 e. The van der Waals surface area contributed by atoms with Crippen LogP contribution in [0.3, 0.4) is 0 Å². The molecule has 1 heterocycles. The van der Waals surface area contributed by atoms with Gasteiger partial charge in [-0.05, 0) is 31.1 Å². The summed E-state index contributed by atoms with van der Waals surface area (Å²) in [5.74, 6) is -2.20. The summed E-state index contributed by atoms with van der Waals surface area (Å²) in [5.41, 5.74) is 0. The van der Waals surface area contributed by atoms with Gasteiger partial charge in [-0.2, -0.15) is 0 Å². The first-order chi connectivity index (χ1) is 9.45. The lowest BCUT2D eigenvalue weighted by Crippen LogP contribution is -2.43. The molecule has 0 amide bonds. The molecule has 5 atom stereocenters. The Bertz CT molecular complexity index is 548. The van der Waals surface area contributed by atoms with Gasteiger partial charge in [0.15, 0.2) is 0 Å². The molecule has 20 heavy (non-hydrogen) atoms. The van der Waals surface area contributed by atoms with Crippen LogP contribution in [0.4, 0.5) is 0 Å². The van der Waals surface area contributed by atoms with Gasteiger partial charge in [0.1, 0.15) is 0 Å². The Morgan fingerprint density at radius 3 is 2.60 bits per heavy atom. The van der Waals surface area contributed by atoms with E-state index in [4.69, 9.17) is 0 Å². The van der Waals surface area contributed by atoms with Gasteiger partial charge in [0, 0.05) is 11.0 Å². The summed E-state index contributed by atoms with van der Waals surface area (Å²) in [5, 5.41) is -0.554. The van der Waals surface area contributed by atoms with Crippen molar-refractivity contribution in [3.05, 3.63) is 0 Å². The van der Waals surface area contributed by atoms with Gasteiger partial charge in [-0.15, -0.1) is 0 Å². The van der Waals surface area contributed by atoms with Crippen molar-refractivity contribution in [2.45, 2.75) is 24.5 Å². The Kier molecular flexibility index (Phi) is 3.83. The van der Waals surface area contributed by atoms with E-state index in [0.717, 1.165) is 10.8 Å². The lowest BCUT2D eigenvalue weighted by atomic mass is 9.81. The Morgan fingerprint density at radius 2 is 1.90 bits per heavy atom. The SMILES string of the molecule is O=C1OC(=O)C2C3CC(CC3S(=O)(=O)NCCCI)C12. The van der Waals surface area contributed by atoms with Crippen molar-refractivity contribution in [2.75, 3.05) is 11.0 Å². The molecule has 3 aliphatic rings. The van der Waals surface area contributed by atoms with Crippen LogP contribution in [0.2, 0.25) is 0 Å². The van der Waals surface area contributed by atoms with Gasteiger partial charge in [0.2, 0.25) is 10.0 Å². The monoisotopic (exact) mass is 413 g/mol. The molecule has 2 bridgehead atoms. The zero-order chi connectivity index (χ0) is 14.5. The number of esters is 2. The molecule has 0 aromatic heterocycles. The highest BCUT2D eigenvalue weighted by atomic mass is 127. The van der Waals surface area contributed by atoms with Gasteiger partial charge in [0.25, 0.3) is 0 Å². The highest BCUT2D eigenvalue weighted by Crippen LogP contribution is 2.57. The van der Waals surface area contributed by atoms with E-state index in [1.807, 2.05) is 0 Å². The minimum Gasteiger partial charge on any atom is -0.393 e. The van der Waals surface area contributed by atoms with E-state index in [-0.39, 0.29) is 11.8 Å². The first-order valence-corrected chi connectivity index (χ1v) is 9.83. The van der Waals surface area contributed by atoms with Crippen LogP contribution >= 0.6 is 22.6 Å². The summed E-state index contributed by atoms with van der Waals surface area (Å²) in [6.07, 6.45) is 1.90. The van der Waals surface area contributed by atoms with Crippen LogP contribution in [0.25, 0.3) is 0 Å². The van der Waals surface area contributed by atoms with Gasteiger partial charge in [-0.1, -0.05) is 22.6 Å². The fourth-order valence-electron chi connectivity index (χ4n) is 3.94. The molecule has 1 aliphatic heterocycles. The molecular weight excluding hydrogens is 397 g/mol. The number of alkyl halides is 1. The van der Waals surface area contributed by atoms with Gasteiger partial charge < -0.3 is 4.74 Å². The van der Waals surface area contributed by atoms with Gasteiger partial charge in [-0.3, -0.25) is 9.59 Å². The first kappa shape index (κ1) is 14.7. The molecule has 8 heteroatoms. The second kappa shape index (κ2) is 5.20. The third-order valence-corrected chi connectivity index (χ3v) is 7.41. The quantitative estimate of drug-likeness (QED) is 0.233. The number of carbonyl (C=O) groups excluding carboxylic acids is 2. The average molecular weight is 413 g/mol. The molecule has 0 radical (unpaired) electrons. The number of ether oxygens (including phenoxy) is 1. The molecule has 3 fully saturated rings. The van der Waals surface area contributed by atoms with E-state index >= 15 is 0 Å². The third kappa shape index (κ3) is 2.19. The van der Waals surface area contributed by atoms with Crippen LogP contribution in [-0.2, 0) is 24.3 Å². The van der Waals surface area contributed by atoms with E-state index in [0.29, 0.717) is 19.4 Å². The molecule has 0 aromatic carbocycles. The molecule has 0 aromatic rings. The maximum Gasteiger partial charge on any atom is 0.317 e. The van der Waals surface area contributed by atoms with Crippen molar-refractivity contribution < 1.29 is 22.7 Å². The minimum atomic E-state index is -3.42. The van der Waals surface area contributed by atoms with Crippen LogP contribution in [0.15, 0.2) is 0 Å². The van der Waals surface area contributed by atoms with Crippen molar-refractivity contribution in [3.8, 4) is 0 Å². The highest BCUT2D eigenvalue weighted by molar-refractivity contribution is 14.1. The lowest BCUT2D eigenvalue weighted by Gasteiger charge is -2.27. The Hall–Kier alpha value is -0.220. The van der Waals surface area contributed by atoms with E-state index in [2.05, 4.69) is 32.0 Å². The zero-order valence-electron chi connectivity index (χ0n) is 10.7. The Labute approximate surface area is 131 Å². The lowest BCUT2D eigenvalue weighted by molar-refractivity contribution is -0.154. The molecule has 5 unspecified atom stereocenters. The summed E-state index contributed by atoms with van der Waals surface area (Å²) in [7, 11) is -3.42. The van der Waals surface area contributed by atoms with Gasteiger partial charge in [-0.25, -0.2) is 13.1 Å². The van der Waals surface area contributed by atoms with Crippen LogP contribution in [0, 0.1) is 23.7 Å². The number of hydrogen-bond donors (Lipinski definition) is 1. The molecule has 1 N–H and O–H groups in total. The number of carbonyl (C=O) groups is 2. The number of sulfonamides is 1. The zero-order valence-corrected chi connectivity index (χ0v) is 13.7. The van der Waals surface area contributed by atoms with Crippen molar-refractivity contribution in [3.63, 3.8) is 0 Å². The topological polar surface area (TPSA) is 89.5 Å². The second-order valence-corrected chi connectivity index (χ2v) is 8.77. The predicted molar refractivity (Wildman–Crippen MR) is 78.5 cm³/mol. The molecule has 2 aliphatic carbocycles. The van der Waals surface area contributed by atoms with Crippen LogP contribution in [-0.4, -0.2) is 36.6 Å². The summed E-state index contributed by atoms with van der Waals surface area (Å²) in [6.45, 7) is 0.427. The maximum absolute atomic E-state index is 12.3. The second-order valence-electron chi connectivity index (χ2n) is 5.71.